The van der Waals surface area contributed by atoms with Crippen molar-refractivity contribution in [1.29, 1.82) is 5.26 Å². The van der Waals surface area contributed by atoms with Crippen molar-refractivity contribution < 1.29 is 4.79 Å². The van der Waals surface area contributed by atoms with Crippen LogP contribution in [0.3, 0.4) is 0 Å². The van der Waals surface area contributed by atoms with Crippen LogP contribution >= 0.6 is 0 Å². The van der Waals surface area contributed by atoms with Gasteiger partial charge in [-0.25, -0.2) is 4.99 Å². The number of benzene rings is 2. The zero-order valence-electron chi connectivity index (χ0n) is 13.4. The van der Waals surface area contributed by atoms with Crippen molar-refractivity contribution in [1.82, 2.24) is 0 Å². The zero-order valence-corrected chi connectivity index (χ0v) is 13.4. The lowest BCUT2D eigenvalue weighted by molar-refractivity contribution is -0.112. The molecule has 0 saturated carbocycles. The summed E-state index contributed by atoms with van der Waals surface area (Å²) < 4.78 is 0. The predicted octanol–water partition coefficient (Wildman–Crippen LogP) is 2.90. The van der Waals surface area contributed by atoms with E-state index < -0.39 is 5.91 Å². The summed E-state index contributed by atoms with van der Waals surface area (Å²) in [4.78, 5) is 16.8. The monoisotopic (exact) mass is 316 g/mol. The number of rotatable bonds is 2. The number of carbonyl (C=O) groups excluding carboxylic acids is 1. The minimum atomic E-state index is -0.491. The van der Waals surface area contributed by atoms with Crippen LogP contribution in [0.2, 0.25) is 0 Å². The topological polar surface area (TPSA) is 91.3 Å². The molecule has 3 N–H and O–H groups in total. The van der Waals surface area contributed by atoms with Crippen LogP contribution in [0.4, 0.5) is 5.69 Å². The second kappa shape index (κ2) is 6.01. The molecule has 2 aromatic rings. The number of amidine groups is 1. The number of hydrogen-bond donors (Lipinski definition) is 2. The SMILES string of the molecule is Cc1ccc(C)c(NC(=O)/C(C#N)=C2\N=C(N)c3ccccc32)c1. The van der Waals surface area contributed by atoms with Gasteiger partial charge in [0.1, 0.15) is 17.5 Å². The van der Waals surface area contributed by atoms with E-state index >= 15 is 0 Å². The molecule has 1 aliphatic heterocycles. The summed E-state index contributed by atoms with van der Waals surface area (Å²) >= 11 is 0. The minimum absolute atomic E-state index is 0.0520. The molecule has 1 aliphatic rings. The molecule has 0 aromatic heterocycles. The first-order chi connectivity index (χ1) is 11.5. The van der Waals surface area contributed by atoms with Gasteiger partial charge in [-0.2, -0.15) is 5.26 Å². The molecule has 0 aliphatic carbocycles. The quantitative estimate of drug-likeness (QED) is 0.659. The van der Waals surface area contributed by atoms with Gasteiger partial charge in [-0.3, -0.25) is 4.79 Å². The third-order valence-electron chi connectivity index (χ3n) is 3.91. The fraction of sp³-hybridized carbons (Fsp3) is 0.105. The maximum atomic E-state index is 12.6. The summed E-state index contributed by atoms with van der Waals surface area (Å²) in [5.74, 6) is -0.178. The highest BCUT2D eigenvalue weighted by molar-refractivity contribution is 6.17. The highest BCUT2D eigenvalue weighted by Crippen LogP contribution is 2.30. The lowest BCUT2D eigenvalue weighted by Gasteiger charge is -2.09. The van der Waals surface area contributed by atoms with E-state index in [1.54, 1.807) is 6.07 Å². The lowest BCUT2D eigenvalue weighted by atomic mass is 10.0. The van der Waals surface area contributed by atoms with Gasteiger partial charge in [0.05, 0.1) is 5.70 Å². The molecule has 5 heteroatoms. The average Bonchev–Trinajstić information content (AvgIpc) is 2.89. The number of nitriles is 1. The van der Waals surface area contributed by atoms with E-state index in [2.05, 4.69) is 10.3 Å². The molecule has 0 spiro atoms. The smallest absolute Gasteiger partial charge is 0.268 e. The molecule has 5 nitrogen and oxygen atoms in total. The van der Waals surface area contributed by atoms with E-state index in [4.69, 9.17) is 5.73 Å². The number of nitrogens with two attached hydrogens (primary N) is 1. The Morgan fingerprint density at radius 2 is 1.88 bits per heavy atom. The second-order valence-corrected chi connectivity index (χ2v) is 5.65. The first-order valence-corrected chi connectivity index (χ1v) is 7.48. The summed E-state index contributed by atoms with van der Waals surface area (Å²) in [7, 11) is 0. The number of carbonyl (C=O) groups is 1. The first kappa shape index (κ1) is 15.5. The van der Waals surface area contributed by atoms with E-state index in [1.165, 1.54) is 0 Å². The largest absolute Gasteiger partial charge is 0.383 e. The lowest BCUT2D eigenvalue weighted by Crippen LogP contribution is -2.15. The highest BCUT2D eigenvalue weighted by Gasteiger charge is 2.24. The Morgan fingerprint density at radius 1 is 1.17 bits per heavy atom. The van der Waals surface area contributed by atoms with E-state index in [1.807, 2.05) is 56.3 Å². The van der Waals surface area contributed by atoms with E-state index in [0.717, 1.165) is 16.7 Å². The number of nitrogens with one attached hydrogen (secondary N) is 1. The van der Waals surface area contributed by atoms with Crippen molar-refractivity contribution in [3.8, 4) is 6.07 Å². The van der Waals surface area contributed by atoms with E-state index in [0.29, 0.717) is 22.8 Å². The number of aliphatic imine (C=N–C) groups is 1. The molecule has 0 bridgehead atoms. The van der Waals surface area contributed by atoms with Crippen LogP contribution in [0.1, 0.15) is 22.3 Å². The van der Waals surface area contributed by atoms with Gasteiger partial charge in [0, 0.05) is 16.8 Å². The molecule has 0 atom stereocenters. The van der Waals surface area contributed by atoms with Gasteiger partial charge in [0.15, 0.2) is 0 Å². The highest BCUT2D eigenvalue weighted by atomic mass is 16.1. The summed E-state index contributed by atoms with van der Waals surface area (Å²) in [6.07, 6.45) is 0. The minimum Gasteiger partial charge on any atom is -0.383 e. The van der Waals surface area contributed by atoms with Gasteiger partial charge in [0.25, 0.3) is 5.91 Å². The Kier molecular flexibility index (Phi) is 3.88. The standard InChI is InChI=1S/C19H16N4O/c1-11-7-8-12(2)16(9-11)22-19(24)15(10-20)17-13-5-3-4-6-14(13)18(21)23-17/h3-9H,1-2H3,(H2,21,23)(H,22,24)/b17-15-. The third kappa shape index (κ3) is 2.66. The molecule has 0 radical (unpaired) electrons. The van der Waals surface area contributed by atoms with Crippen LogP contribution in [0, 0.1) is 25.2 Å². The van der Waals surface area contributed by atoms with Crippen molar-refractivity contribution in [3.63, 3.8) is 0 Å². The summed E-state index contributed by atoms with van der Waals surface area (Å²) in [6.45, 7) is 3.84. The maximum absolute atomic E-state index is 12.6. The molecule has 1 heterocycles. The Morgan fingerprint density at radius 3 is 2.58 bits per heavy atom. The zero-order chi connectivity index (χ0) is 17.3. The number of nitrogens with zero attached hydrogens (tertiary/aromatic N) is 2. The van der Waals surface area contributed by atoms with E-state index in [-0.39, 0.29) is 5.57 Å². The number of anilines is 1. The summed E-state index contributed by atoms with van der Waals surface area (Å²) in [5.41, 5.74) is 10.2. The number of amides is 1. The van der Waals surface area contributed by atoms with Gasteiger partial charge in [0.2, 0.25) is 0 Å². The van der Waals surface area contributed by atoms with Crippen molar-refractivity contribution in [3.05, 3.63) is 70.3 Å². The fourth-order valence-corrected chi connectivity index (χ4v) is 2.61. The molecule has 24 heavy (non-hydrogen) atoms. The fourth-order valence-electron chi connectivity index (χ4n) is 2.61. The van der Waals surface area contributed by atoms with Crippen LogP contribution in [-0.4, -0.2) is 11.7 Å². The number of aryl methyl sites for hydroxylation is 2. The Labute approximate surface area is 140 Å². The number of fused-ring (bicyclic) bond motifs is 1. The Balaban J connectivity index is 2.03. The second-order valence-electron chi connectivity index (χ2n) is 5.65. The Bertz CT molecular complexity index is 948. The number of hydrogen-bond acceptors (Lipinski definition) is 4. The van der Waals surface area contributed by atoms with Crippen molar-refractivity contribution in [2.24, 2.45) is 10.7 Å². The molecular formula is C19H16N4O. The predicted molar refractivity (Wildman–Crippen MR) is 94.2 cm³/mol. The van der Waals surface area contributed by atoms with Crippen LogP contribution in [0.5, 0.6) is 0 Å². The Hall–Kier alpha value is -3.39. The van der Waals surface area contributed by atoms with Crippen LogP contribution < -0.4 is 11.1 Å². The van der Waals surface area contributed by atoms with Gasteiger partial charge >= 0.3 is 0 Å². The molecule has 0 saturated heterocycles. The third-order valence-corrected chi connectivity index (χ3v) is 3.91. The van der Waals surface area contributed by atoms with Gasteiger partial charge in [-0.15, -0.1) is 0 Å². The molecule has 0 fully saturated rings. The average molecular weight is 316 g/mol. The molecule has 2 aromatic carbocycles. The van der Waals surface area contributed by atoms with Gasteiger partial charge in [-0.05, 0) is 31.0 Å². The van der Waals surface area contributed by atoms with Crippen molar-refractivity contribution >= 4 is 23.1 Å². The van der Waals surface area contributed by atoms with Crippen molar-refractivity contribution in [2.45, 2.75) is 13.8 Å². The van der Waals surface area contributed by atoms with Crippen molar-refractivity contribution in [2.75, 3.05) is 5.32 Å². The van der Waals surface area contributed by atoms with Crippen LogP contribution in [-0.2, 0) is 4.79 Å². The van der Waals surface area contributed by atoms with Crippen LogP contribution in [0.25, 0.3) is 5.70 Å². The molecular weight excluding hydrogens is 300 g/mol. The molecule has 1 amide bonds. The summed E-state index contributed by atoms with van der Waals surface area (Å²) in [6, 6.07) is 15.0. The van der Waals surface area contributed by atoms with E-state index in [9.17, 15) is 10.1 Å². The van der Waals surface area contributed by atoms with Gasteiger partial charge in [-0.1, -0.05) is 36.4 Å². The first-order valence-electron chi connectivity index (χ1n) is 7.48. The summed E-state index contributed by atoms with van der Waals surface area (Å²) in [5, 5.41) is 12.3. The van der Waals surface area contributed by atoms with Crippen LogP contribution in [0.15, 0.2) is 53.0 Å². The molecule has 0 unspecified atom stereocenters. The molecule has 118 valence electrons. The maximum Gasteiger partial charge on any atom is 0.268 e. The molecule has 3 rings (SSSR count). The van der Waals surface area contributed by atoms with Gasteiger partial charge < -0.3 is 11.1 Å². The normalized spacial score (nSPS) is 14.5.